The molecule has 0 aliphatic heterocycles. The van der Waals surface area contributed by atoms with Crippen molar-refractivity contribution in [2.75, 3.05) is 26.6 Å². The van der Waals surface area contributed by atoms with Crippen LogP contribution in [0, 0.1) is 5.92 Å². The summed E-state index contributed by atoms with van der Waals surface area (Å²) >= 11 is 0. The first-order chi connectivity index (χ1) is 5.31. The Morgan fingerprint density at radius 3 is 2.82 bits per heavy atom. The van der Waals surface area contributed by atoms with Crippen molar-refractivity contribution >= 4 is 0 Å². The van der Waals surface area contributed by atoms with Crippen LogP contribution in [-0.4, -0.2) is 31.7 Å². The van der Waals surface area contributed by atoms with Gasteiger partial charge in [0.05, 0.1) is 13.2 Å². The van der Waals surface area contributed by atoms with E-state index < -0.39 is 0 Å². The lowest BCUT2D eigenvalue weighted by Crippen LogP contribution is -2.11. The fourth-order valence-electron chi connectivity index (χ4n) is 0.492. The van der Waals surface area contributed by atoms with Crippen LogP contribution in [0.4, 0.5) is 0 Å². The third-order valence-corrected chi connectivity index (χ3v) is 1.12. The van der Waals surface area contributed by atoms with Gasteiger partial charge >= 0.3 is 0 Å². The number of hydrogen-bond donors (Lipinski definition) is 1. The van der Waals surface area contributed by atoms with Crippen molar-refractivity contribution in [3.63, 3.8) is 0 Å². The predicted molar refractivity (Wildman–Crippen MR) is 43.2 cm³/mol. The topological polar surface area (TPSA) is 38.7 Å². The lowest BCUT2D eigenvalue weighted by molar-refractivity contribution is -0.0581. The molecule has 0 aromatic carbocycles. The summed E-state index contributed by atoms with van der Waals surface area (Å²) < 4.78 is 10.0. The predicted octanol–water partition coefficient (Wildman–Crippen LogP) is 0.791. The molecule has 1 N–H and O–H groups in total. The fourth-order valence-corrected chi connectivity index (χ4v) is 0.492. The second-order valence-corrected chi connectivity index (χ2v) is 2.44. The molecule has 11 heavy (non-hydrogen) atoms. The summed E-state index contributed by atoms with van der Waals surface area (Å²) in [5.74, 6) is 0.183. The smallest absolute Gasteiger partial charge is 0.147 e. The van der Waals surface area contributed by atoms with E-state index in [1.54, 1.807) is 6.08 Å². The van der Waals surface area contributed by atoms with Crippen molar-refractivity contribution in [2.24, 2.45) is 5.92 Å². The van der Waals surface area contributed by atoms with Crippen molar-refractivity contribution in [1.29, 1.82) is 0 Å². The standard InChI is InChI=1S/C8H16O3/c1-3-4-10-7-11-6-8(2)5-9/h3,8-9H,1,4-7H2,2H3. The first kappa shape index (κ1) is 10.6. The molecule has 3 heteroatoms. The summed E-state index contributed by atoms with van der Waals surface area (Å²) in [5.41, 5.74) is 0. The van der Waals surface area contributed by atoms with Crippen LogP contribution < -0.4 is 0 Å². The average molecular weight is 160 g/mol. The van der Waals surface area contributed by atoms with Crippen LogP contribution >= 0.6 is 0 Å². The number of aliphatic hydroxyl groups excluding tert-OH is 1. The van der Waals surface area contributed by atoms with E-state index in [0.717, 1.165) is 0 Å². The van der Waals surface area contributed by atoms with Crippen molar-refractivity contribution in [3.8, 4) is 0 Å². The van der Waals surface area contributed by atoms with Gasteiger partial charge in [-0.05, 0) is 0 Å². The maximum Gasteiger partial charge on any atom is 0.147 e. The molecule has 1 unspecified atom stereocenters. The van der Waals surface area contributed by atoms with E-state index in [-0.39, 0.29) is 19.3 Å². The molecular weight excluding hydrogens is 144 g/mol. The van der Waals surface area contributed by atoms with Crippen LogP contribution in [0.25, 0.3) is 0 Å². The minimum Gasteiger partial charge on any atom is -0.396 e. The van der Waals surface area contributed by atoms with Gasteiger partial charge in [-0.1, -0.05) is 13.0 Å². The van der Waals surface area contributed by atoms with Gasteiger partial charge in [0, 0.05) is 12.5 Å². The van der Waals surface area contributed by atoms with Gasteiger partial charge in [-0.15, -0.1) is 6.58 Å². The third-order valence-electron chi connectivity index (χ3n) is 1.12. The lowest BCUT2D eigenvalue weighted by Gasteiger charge is -2.07. The van der Waals surface area contributed by atoms with Crippen molar-refractivity contribution in [2.45, 2.75) is 6.92 Å². The second kappa shape index (κ2) is 7.72. The zero-order valence-electron chi connectivity index (χ0n) is 6.95. The molecule has 0 aliphatic carbocycles. The maximum absolute atomic E-state index is 8.60. The summed E-state index contributed by atoms with van der Waals surface area (Å²) in [6.45, 7) is 6.87. The first-order valence-corrected chi connectivity index (χ1v) is 3.68. The van der Waals surface area contributed by atoms with E-state index >= 15 is 0 Å². The Morgan fingerprint density at radius 1 is 1.55 bits per heavy atom. The summed E-state index contributed by atoms with van der Waals surface area (Å²) in [6, 6.07) is 0. The first-order valence-electron chi connectivity index (χ1n) is 3.68. The van der Waals surface area contributed by atoms with Crippen molar-refractivity contribution in [3.05, 3.63) is 12.7 Å². The SMILES string of the molecule is C=CCOCOCC(C)CO. The van der Waals surface area contributed by atoms with E-state index in [4.69, 9.17) is 14.6 Å². The molecule has 3 nitrogen and oxygen atoms in total. The monoisotopic (exact) mass is 160 g/mol. The Kier molecular flexibility index (Phi) is 7.46. The lowest BCUT2D eigenvalue weighted by atomic mass is 10.2. The number of aliphatic hydroxyl groups is 1. The number of rotatable bonds is 7. The molecule has 0 saturated carbocycles. The molecule has 1 atom stereocenters. The highest BCUT2D eigenvalue weighted by Gasteiger charge is 1.97. The molecule has 0 rings (SSSR count). The molecule has 0 radical (unpaired) electrons. The summed E-state index contributed by atoms with van der Waals surface area (Å²) in [5, 5.41) is 8.60. The van der Waals surface area contributed by atoms with Crippen LogP contribution in [0.1, 0.15) is 6.92 Å². The van der Waals surface area contributed by atoms with Crippen LogP contribution in [0.3, 0.4) is 0 Å². The highest BCUT2D eigenvalue weighted by atomic mass is 16.7. The van der Waals surface area contributed by atoms with Crippen LogP contribution in [0.15, 0.2) is 12.7 Å². The van der Waals surface area contributed by atoms with Gasteiger partial charge in [0.2, 0.25) is 0 Å². The summed E-state index contributed by atoms with van der Waals surface area (Å²) in [4.78, 5) is 0. The highest BCUT2D eigenvalue weighted by molar-refractivity contribution is 4.62. The minimum atomic E-state index is 0.154. The quantitative estimate of drug-likeness (QED) is 0.340. The number of hydrogen-bond acceptors (Lipinski definition) is 3. The van der Waals surface area contributed by atoms with Crippen LogP contribution in [0.2, 0.25) is 0 Å². The molecule has 0 amide bonds. The van der Waals surface area contributed by atoms with Gasteiger partial charge in [0.1, 0.15) is 6.79 Å². The van der Waals surface area contributed by atoms with E-state index in [2.05, 4.69) is 6.58 Å². The maximum atomic E-state index is 8.60. The molecule has 0 bridgehead atoms. The van der Waals surface area contributed by atoms with Crippen molar-refractivity contribution in [1.82, 2.24) is 0 Å². The van der Waals surface area contributed by atoms with E-state index in [9.17, 15) is 0 Å². The van der Waals surface area contributed by atoms with Gasteiger partial charge in [0.25, 0.3) is 0 Å². The fraction of sp³-hybridized carbons (Fsp3) is 0.750. The summed E-state index contributed by atoms with van der Waals surface area (Å²) in [6.07, 6.45) is 1.67. The molecule has 66 valence electrons. The molecule has 0 fully saturated rings. The summed E-state index contributed by atoms with van der Waals surface area (Å²) in [7, 11) is 0. The third kappa shape index (κ3) is 7.52. The molecule has 0 spiro atoms. The molecule has 0 aromatic rings. The molecule has 0 aliphatic rings. The largest absolute Gasteiger partial charge is 0.396 e. The van der Waals surface area contributed by atoms with E-state index in [1.165, 1.54) is 0 Å². The van der Waals surface area contributed by atoms with Crippen LogP contribution in [-0.2, 0) is 9.47 Å². The Labute approximate surface area is 67.6 Å². The van der Waals surface area contributed by atoms with Crippen molar-refractivity contribution < 1.29 is 14.6 Å². The Hall–Kier alpha value is -0.380. The van der Waals surface area contributed by atoms with Gasteiger partial charge in [-0.25, -0.2) is 0 Å². The number of ether oxygens (including phenoxy) is 2. The zero-order chi connectivity index (χ0) is 8.53. The van der Waals surface area contributed by atoms with Gasteiger partial charge in [0.15, 0.2) is 0 Å². The Balaban J connectivity index is 2.95. The average Bonchev–Trinajstić information content (AvgIpc) is 2.04. The molecular formula is C8H16O3. The molecule has 0 aromatic heterocycles. The van der Waals surface area contributed by atoms with Gasteiger partial charge in [-0.3, -0.25) is 0 Å². The van der Waals surface area contributed by atoms with Gasteiger partial charge < -0.3 is 14.6 Å². The van der Waals surface area contributed by atoms with E-state index in [0.29, 0.717) is 13.2 Å². The zero-order valence-corrected chi connectivity index (χ0v) is 6.95. The second-order valence-electron chi connectivity index (χ2n) is 2.44. The molecule has 0 saturated heterocycles. The highest BCUT2D eigenvalue weighted by Crippen LogP contribution is 1.92. The Bertz CT molecular complexity index is 93.3. The minimum absolute atomic E-state index is 0.154. The van der Waals surface area contributed by atoms with Gasteiger partial charge in [-0.2, -0.15) is 0 Å². The van der Waals surface area contributed by atoms with E-state index in [1.807, 2.05) is 6.92 Å². The van der Waals surface area contributed by atoms with Crippen LogP contribution in [0.5, 0.6) is 0 Å². The Morgan fingerprint density at radius 2 is 2.27 bits per heavy atom. The normalized spacial score (nSPS) is 12.9. The molecule has 0 heterocycles.